The van der Waals surface area contributed by atoms with Crippen molar-refractivity contribution >= 4 is 73.6 Å². The molecule has 2 fully saturated rings. The molecule has 3 atom stereocenters. The van der Waals surface area contributed by atoms with Crippen molar-refractivity contribution in [2.24, 2.45) is 17.0 Å². The zero-order valence-electron chi connectivity index (χ0n) is 30.2. The topological polar surface area (TPSA) is 163 Å². The van der Waals surface area contributed by atoms with Crippen LogP contribution in [-0.4, -0.2) is 85.6 Å². The van der Waals surface area contributed by atoms with Gasteiger partial charge in [-0.2, -0.15) is 11.8 Å². The fourth-order valence-electron chi connectivity index (χ4n) is 6.47. The van der Waals surface area contributed by atoms with Crippen LogP contribution in [0.25, 0.3) is 0 Å². The number of benzene rings is 1. The standard InChI is InChI=1S/C20H23ClO7S.C17H26ClNO3S/c1-29(25,26)17-8-7-13(20(24)18-15(22)5-2-6-16(18)23)19(21)14(17)11-27-10-12-4-3-9-28-12;1-4-14(19-22-8-6-7-18)17-15(20)10-13(11-16(17)21)9-12(3)23-5-2/h7-8,12,18H,2-6,9-11H2,1H3;6-7,12-13,20H,4-5,8-11H2,1-3H3/b;7-6+,19-14+. The van der Waals surface area contributed by atoms with E-state index in [-0.39, 0.29) is 77.3 Å². The van der Waals surface area contributed by atoms with Crippen molar-refractivity contribution in [3.05, 3.63) is 51.2 Å². The Morgan fingerprint density at radius 1 is 1.15 bits per heavy atom. The van der Waals surface area contributed by atoms with Crippen molar-refractivity contribution in [2.75, 3.05) is 31.8 Å². The van der Waals surface area contributed by atoms with Gasteiger partial charge in [-0.3, -0.25) is 19.2 Å². The number of hydrogen-bond donors (Lipinski definition) is 1. The van der Waals surface area contributed by atoms with E-state index in [1.54, 1.807) is 6.08 Å². The molecule has 2 aliphatic carbocycles. The molecule has 1 saturated heterocycles. The highest BCUT2D eigenvalue weighted by molar-refractivity contribution is 7.99. The highest BCUT2D eigenvalue weighted by Crippen LogP contribution is 2.34. The molecule has 15 heteroatoms. The van der Waals surface area contributed by atoms with E-state index < -0.39 is 33.1 Å². The van der Waals surface area contributed by atoms with Gasteiger partial charge in [-0.25, -0.2) is 8.42 Å². The predicted octanol–water partition coefficient (Wildman–Crippen LogP) is 7.40. The summed E-state index contributed by atoms with van der Waals surface area (Å²) in [7, 11) is -3.64. The van der Waals surface area contributed by atoms with Gasteiger partial charge in [-0.05, 0) is 62.0 Å². The molecule has 0 amide bonds. The van der Waals surface area contributed by atoms with Crippen LogP contribution in [0.3, 0.4) is 0 Å². The second-order valence-corrected chi connectivity index (χ2v) is 17.3. The summed E-state index contributed by atoms with van der Waals surface area (Å²) >= 11 is 13.7. The van der Waals surface area contributed by atoms with Crippen LogP contribution in [0.2, 0.25) is 5.02 Å². The molecule has 0 radical (unpaired) electrons. The van der Waals surface area contributed by atoms with E-state index in [1.165, 1.54) is 17.7 Å². The van der Waals surface area contributed by atoms with Gasteiger partial charge in [0.05, 0.1) is 40.5 Å². The van der Waals surface area contributed by atoms with Gasteiger partial charge in [0.25, 0.3) is 0 Å². The Bertz CT molecular complexity index is 1640. The monoisotopic (exact) mass is 801 g/mol. The first-order valence-corrected chi connectivity index (χ1v) is 21.3. The molecule has 1 N–H and O–H groups in total. The van der Waals surface area contributed by atoms with Crippen molar-refractivity contribution in [3.8, 4) is 0 Å². The van der Waals surface area contributed by atoms with Crippen LogP contribution < -0.4 is 0 Å². The molecule has 1 heterocycles. The summed E-state index contributed by atoms with van der Waals surface area (Å²) in [5.41, 5.74) is 2.31. The quantitative estimate of drug-likeness (QED) is 0.0583. The van der Waals surface area contributed by atoms with Gasteiger partial charge < -0.3 is 19.4 Å². The van der Waals surface area contributed by atoms with E-state index in [4.69, 9.17) is 37.5 Å². The van der Waals surface area contributed by atoms with Crippen molar-refractivity contribution in [2.45, 2.75) is 101 Å². The summed E-state index contributed by atoms with van der Waals surface area (Å²) in [6.45, 7) is 7.24. The Morgan fingerprint density at radius 3 is 2.44 bits per heavy atom. The first-order chi connectivity index (χ1) is 24.7. The van der Waals surface area contributed by atoms with Gasteiger partial charge in [0, 0.05) is 60.5 Å². The molecule has 0 aromatic heterocycles. The lowest BCUT2D eigenvalue weighted by Crippen LogP contribution is -2.35. The Balaban J connectivity index is 0.000000289. The number of ether oxygens (including phenoxy) is 2. The number of aliphatic hydroxyl groups is 1. The Labute approximate surface area is 320 Å². The van der Waals surface area contributed by atoms with Crippen LogP contribution in [0.5, 0.6) is 0 Å². The zero-order valence-corrected chi connectivity index (χ0v) is 33.3. The first-order valence-electron chi connectivity index (χ1n) is 17.5. The Kier molecular flexibility index (Phi) is 18.0. The highest BCUT2D eigenvalue weighted by atomic mass is 35.5. The minimum Gasteiger partial charge on any atom is -0.511 e. The van der Waals surface area contributed by atoms with E-state index in [9.17, 15) is 32.7 Å². The minimum atomic E-state index is -3.64. The van der Waals surface area contributed by atoms with Crippen LogP contribution in [0, 0.1) is 11.8 Å². The lowest BCUT2D eigenvalue weighted by molar-refractivity contribution is -0.133. The molecule has 3 aliphatic rings. The Hall–Kier alpha value is -2.55. The van der Waals surface area contributed by atoms with E-state index in [0.717, 1.165) is 31.3 Å². The lowest BCUT2D eigenvalue weighted by Gasteiger charge is -2.25. The summed E-state index contributed by atoms with van der Waals surface area (Å²) in [5.74, 6) is -1.53. The summed E-state index contributed by atoms with van der Waals surface area (Å²) < 4.78 is 35.5. The number of aliphatic hydroxyl groups excluding tert-OH is 1. The van der Waals surface area contributed by atoms with Crippen LogP contribution in [0.1, 0.15) is 94.5 Å². The zero-order chi connectivity index (χ0) is 38.4. The van der Waals surface area contributed by atoms with Crippen molar-refractivity contribution in [1.82, 2.24) is 0 Å². The predicted molar refractivity (Wildman–Crippen MR) is 203 cm³/mol. The number of halogens is 2. The number of carbonyl (C=O) groups excluding carboxylic acids is 4. The molecule has 11 nitrogen and oxygen atoms in total. The largest absolute Gasteiger partial charge is 0.511 e. The lowest BCUT2D eigenvalue weighted by atomic mass is 9.81. The molecule has 0 spiro atoms. The number of Topliss-reactive ketones (excluding diaryl/α,β-unsaturated/α-hetero) is 4. The maximum atomic E-state index is 12.9. The number of oxime groups is 1. The third-order valence-corrected chi connectivity index (χ3v) is 11.8. The number of carbonyl (C=O) groups is 4. The smallest absolute Gasteiger partial charge is 0.182 e. The Morgan fingerprint density at radius 2 is 1.87 bits per heavy atom. The highest BCUT2D eigenvalue weighted by Gasteiger charge is 2.38. The summed E-state index contributed by atoms with van der Waals surface area (Å²) in [6, 6.07) is 2.54. The van der Waals surface area contributed by atoms with Crippen LogP contribution in [0.15, 0.2) is 45.1 Å². The molecule has 52 heavy (non-hydrogen) atoms. The molecule has 1 aromatic rings. The molecule has 1 aliphatic heterocycles. The average molecular weight is 803 g/mol. The molecular weight excluding hydrogens is 753 g/mol. The first kappa shape index (κ1) is 43.9. The van der Waals surface area contributed by atoms with Gasteiger partial charge in [0.15, 0.2) is 33.0 Å². The maximum Gasteiger partial charge on any atom is 0.182 e. The summed E-state index contributed by atoms with van der Waals surface area (Å²) in [5, 5.41) is 14.7. The van der Waals surface area contributed by atoms with E-state index in [2.05, 4.69) is 19.0 Å². The maximum absolute atomic E-state index is 12.9. The van der Waals surface area contributed by atoms with E-state index in [0.29, 0.717) is 48.8 Å². The fraction of sp³-hybridized carbons (Fsp3) is 0.595. The molecule has 0 bridgehead atoms. The third-order valence-electron chi connectivity index (χ3n) is 8.89. The average Bonchev–Trinajstić information content (AvgIpc) is 3.59. The second-order valence-electron chi connectivity index (χ2n) is 13.0. The van der Waals surface area contributed by atoms with Gasteiger partial charge in [0.1, 0.15) is 18.3 Å². The van der Waals surface area contributed by atoms with Crippen molar-refractivity contribution < 1.29 is 47.0 Å². The van der Waals surface area contributed by atoms with Crippen LogP contribution >= 0.6 is 35.0 Å². The fourth-order valence-corrected chi connectivity index (χ4v) is 8.81. The van der Waals surface area contributed by atoms with Gasteiger partial charge >= 0.3 is 0 Å². The third kappa shape index (κ3) is 12.5. The molecule has 288 valence electrons. The molecule has 1 saturated carbocycles. The van der Waals surface area contributed by atoms with Crippen LogP contribution in [0.4, 0.5) is 0 Å². The number of allylic oxidation sites excluding steroid dienone is 2. The van der Waals surface area contributed by atoms with Gasteiger partial charge in [-0.1, -0.05) is 49.1 Å². The van der Waals surface area contributed by atoms with Crippen LogP contribution in [-0.2, 0) is 45.1 Å². The van der Waals surface area contributed by atoms with E-state index in [1.807, 2.05) is 18.7 Å². The molecule has 4 rings (SSSR count). The minimum absolute atomic E-state index is 0.0375. The number of rotatable bonds is 16. The molecule has 3 unspecified atom stereocenters. The number of ketones is 4. The molecule has 1 aromatic carbocycles. The van der Waals surface area contributed by atoms with Gasteiger partial charge in [0.2, 0.25) is 0 Å². The normalized spacial score (nSPS) is 21.0. The molecular formula is C37H49Cl2NO10S2. The SMILES string of the molecule is CCSC(C)CC1CC(=O)C(/C(CC)=N/OC/C=C/Cl)=C(O)C1.CS(=O)(=O)c1ccc(C(=O)C2C(=O)CCCC2=O)c(Cl)c1COCC1CCCO1. The number of nitrogens with zero attached hydrogens (tertiary/aromatic N) is 1. The summed E-state index contributed by atoms with van der Waals surface area (Å²) in [6.07, 6.45) is 7.63. The number of sulfone groups is 1. The van der Waals surface area contributed by atoms with Gasteiger partial charge in [-0.15, -0.1) is 0 Å². The van der Waals surface area contributed by atoms with E-state index >= 15 is 0 Å². The number of hydrogen-bond acceptors (Lipinski definition) is 12. The van der Waals surface area contributed by atoms with Crippen molar-refractivity contribution in [1.29, 1.82) is 0 Å². The van der Waals surface area contributed by atoms with Crippen molar-refractivity contribution in [3.63, 3.8) is 0 Å². The second kappa shape index (κ2) is 21.4. The summed E-state index contributed by atoms with van der Waals surface area (Å²) in [4.78, 5) is 54.7. The number of thioether (sulfide) groups is 1.